The Morgan fingerprint density at radius 1 is 1.39 bits per heavy atom. The number of carbonyl (C=O) groups is 1. The van der Waals surface area contributed by atoms with Gasteiger partial charge in [-0.05, 0) is 30.5 Å². The maximum absolute atomic E-state index is 12.1. The van der Waals surface area contributed by atoms with E-state index >= 15 is 0 Å². The smallest absolute Gasteiger partial charge is 0.226 e. The summed E-state index contributed by atoms with van der Waals surface area (Å²) in [4.78, 5) is 17.8. The summed E-state index contributed by atoms with van der Waals surface area (Å²) in [5, 5.41) is 4.98. The number of carbonyl (C=O) groups excluding carboxylic acids is 1. The molecule has 6 heteroatoms. The lowest BCUT2D eigenvalue weighted by atomic mass is 10.2. The van der Waals surface area contributed by atoms with Gasteiger partial charge < -0.3 is 14.6 Å². The number of methoxy groups -OCH3 is 1. The van der Waals surface area contributed by atoms with Crippen molar-refractivity contribution >= 4 is 17.2 Å². The second-order valence-corrected chi connectivity index (χ2v) is 6.57. The minimum atomic E-state index is 0.0205. The molecule has 0 radical (unpaired) electrons. The Morgan fingerprint density at radius 2 is 2.13 bits per heavy atom. The van der Waals surface area contributed by atoms with Crippen molar-refractivity contribution in [3.63, 3.8) is 0 Å². The number of thiazole rings is 1. The van der Waals surface area contributed by atoms with E-state index in [4.69, 9.17) is 4.74 Å². The monoisotopic (exact) mass is 331 g/mol. The standard InChI is InChI=1S/C17H21N3O2S/c1-20-14(11-23-17(20)19-13-5-6-13)9-16(21)18-10-12-3-7-15(22-2)8-4-12/h3-4,7-8,11,13H,5-6,9-10H2,1-2H3,(H,18,21). The van der Waals surface area contributed by atoms with Gasteiger partial charge in [-0.15, -0.1) is 11.3 Å². The molecule has 0 atom stereocenters. The van der Waals surface area contributed by atoms with Crippen molar-refractivity contribution in [2.24, 2.45) is 12.0 Å². The largest absolute Gasteiger partial charge is 0.497 e. The minimum Gasteiger partial charge on any atom is -0.497 e. The van der Waals surface area contributed by atoms with Crippen molar-refractivity contribution in [3.8, 4) is 5.75 Å². The molecule has 23 heavy (non-hydrogen) atoms. The predicted octanol–water partition coefficient (Wildman–Crippen LogP) is 2.02. The summed E-state index contributed by atoms with van der Waals surface area (Å²) in [7, 11) is 3.62. The number of ether oxygens (including phenoxy) is 1. The Balaban J connectivity index is 1.55. The van der Waals surface area contributed by atoms with Crippen LogP contribution < -0.4 is 14.9 Å². The molecule has 5 nitrogen and oxygen atoms in total. The highest BCUT2D eigenvalue weighted by atomic mass is 32.1. The van der Waals surface area contributed by atoms with E-state index in [1.807, 2.05) is 41.3 Å². The normalized spacial score (nSPS) is 14.8. The zero-order chi connectivity index (χ0) is 16.2. The van der Waals surface area contributed by atoms with Gasteiger partial charge in [0.1, 0.15) is 5.75 Å². The molecule has 1 saturated carbocycles. The number of aromatic nitrogens is 1. The molecule has 0 unspecified atom stereocenters. The first-order chi connectivity index (χ1) is 11.2. The van der Waals surface area contributed by atoms with Crippen molar-refractivity contribution in [2.45, 2.75) is 31.8 Å². The average Bonchev–Trinajstić information content (AvgIpc) is 3.33. The number of nitrogens with one attached hydrogen (secondary N) is 1. The summed E-state index contributed by atoms with van der Waals surface area (Å²) in [6, 6.07) is 8.20. The third-order valence-corrected chi connectivity index (χ3v) is 4.83. The van der Waals surface area contributed by atoms with Gasteiger partial charge in [0.15, 0.2) is 4.80 Å². The summed E-state index contributed by atoms with van der Waals surface area (Å²) in [5.74, 6) is 0.838. The van der Waals surface area contributed by atoms with Crippen LogP contribution in [0.15, 0.2) is 34.6 Å². The molecule has 1 aromatic carbocycles. The van der Waals surface area contributed by atoms with Gasteiger partial charge in [-0.1, -0.05) is 12.1 Å². The Labute approximate surface area is 139 Å². The SMILES string of the molecule is COc1ccc(CNC(=O)Cc2csc(=NC3CC3)n2C)cc1. The Morgan fingerprint density at radius 3 is 2.78 bits per heavy atom. The van der Waals surface area contributed by atoms with Crippen LogP contribution >= 0.6 is 11.3 Å². The quantitative estimate of drug-likeness (QED) is 0.880. The molecule has 1 heterocycles. The van der Waals surface area contributed by atoms with E-state index in [0.29, 0.717) is 19.0 Å². The first kappa shape index (κ1) is 15.8. The van der Waals surface area contributed by atoms with E-state index in [2.05, 4.69) is 10.3 Å². The second kappa shape index (κ2) is 7.00. The van der Waals surface area contributed by atoms with Gasteiger partial charge in [0, 0.05) is 24.7 Å². The van der Waals surface area contributed by atoms with E-state index in [9.17, 15) is 4.79 Å². The van der Waals surface area contributed by atoms with Crippen LogP contribution in [0.25, 0.3) is 0 Å². The number of hydrogen-bond donors (Lipinski definition) is 1. The molecule has 0 saturated heterocycles. The molecule has 0 aliphatic heterocycles. The van der Waals surface area contributed by atoms with E-state index < -0.39 is 0 Å². The molecule has 0 spiro atoms. The van der Waals surface area contributed by atoms with Gasteiger partial charge >= 0.3 is 0 Å². The molecule has 1 aromatic heterocycles. The summed E-state index contributed by atoms with van der Waals surface area (Å²) < 4.78 is 7.15. The van der Waals surface area contributed by atoms with Crippen LogP contribution in [-0.2, 0) is 24.8 Å². The van der Waals surface area contributed by atoms with Gasteiger partial charge in [0.25, 0.3) is 0 Å². The van der Waals surface area contributed by atoms with Crippen LogP contribution in [-0.4, -0.2) is 23.6 Å². The number of hydrogen-bond acceptors (Lipinski definition) is 4. The van der Waals surface area contributed by atoms with Crippen molar-refractivity contribution in [2.75, 3.05) is 7.11 Å². The van der Waals surface area contributed by atoms with Crippen LogP contribution in [0.5, 0.6) is 5.75 Å². The zero-order valence-corrected chi connectivity index (χ0v) is 14.2. The number of amides is 1. The molecule has 122 valence electrons. The zero-order valence-electron chi connectivity index (χ0n) is 13.4. The summed E-state index contributed by atoms with van der Waals surface area (Å²) in [6.07, 6.45) is 2.76. The van der Waals surface area contributed by atoms with Gasteiger partial charge in [-0.2, -0.15) is 0 Å². The topological polar surface area (TPSA) is 55.6 Å². The number of nitrogens with zero attached hydrogens (tertiary/aromatic N) is 2. The van der Waals surface area contributed by atoms with Crippen LogP contribution in [0.2, 0.25) is 0 Å². The van der Waals surface area contributed by atoms with Crippen LogP contribution in [0.1, 0.15) is 24.1 Å². The fourth-order valence-electron chi connectivity index (χ4n) is 2.21. The fraction of sp³-hybridized carbons (Fsp3) is 0.412. The summed E-state index contributed by atoms with van der Waals surface area (Å²) in [5.41, 5.74) is 2.06. The molecular weight excluding hydrogens is 310 g/mol. The molecule has 1 fully saturated rings. The molecule has 1 N–H and O–H groups in total. The first-order valence-corrected chi connectivity index (χ1v) is 8.60. The van der Waals surface area contributed by atoms with E-state index in [-0.39, 0.29) is 5.91 Å². The lowest BCUT2D eigenvalue weighted by Crippen LogP contribution is -2.26. The number of benzene rings is 1. The van der Waals surface area contributed by atoms with Crippen LogP contribution in [0.4, 0.5) is 0 Å². The van der Waals surface area contributed by atoms with E-state index in [1.165, 1.54) is 12.8 Å². The maximum Gasteiger partial charge on any atom is 0.226 e. The average molecular weight is 331 g/mol. The van der Waals surface area contributed by atoms with E-state index in [1.54, 1.807) is 18.4 Å². The third-order valence-electron chi connectivity index (χ3n) is 3.85. The van der Waals surface area contributed by atoms with Crippen molar-refractivity contribution < 1.29 is 9.53 Å². The fourth-order valence-corrected chi connectivity index (χ4v) is 3.18. The van der Waals surface area contributed by atoms with Crippen molar-refractivity contribution in [1.82, 2.24) is 9.88 Å². The Bertz CT molecular complexity index is 742. The molecule has 0 bridgehead atoms. The molecule has 1 aliphatic carbocycles. The Kier molecular flexibility index (Phi) is 4.81. The predicted molar refractivity (Wildman–Crippen MR) is 90.4 cm³/mol. The van der Waals surface area contributed by atoms with Gasteiger partial charge in [-0.3, -0.25) is 9.79 Å². The lowest BCUT2D eigenvalue weighted by molar-refractivity contribution is -0.120. The summed E-state index contributed by atoms with van der Waals surface area (Å²) >= 11 is 1.61. The molecule has 1 amide bonds. The van der Waals surface area contributed by atoms with E-state index in [0.717, 1.165) is 21.8 Å². The van der Waals surface area contributed by atoms with Crippen molar-refractivity contribution in [1.29, 1.82) is 0 Å². The Hall–Kier alpha value is -2.08. The third kappa shape index (κ3) is 4.22. The highest BCUT2D eigenvalue weighted by Gasteiger charge is 2.20. The lowest BCUT2D eigenvalue weighted by Gasteiger charge is -2.07. The number of rotatable bonds is 6. The molecule has 3 rings (SSSR count). The van der Waals surface area contributed by atoms with Gasteiger partial charge in [0.2, 0.25) is 5.91 Å². The molecule has 1 aliphatic rings. The van der Waals surface area contributed by atoms with Crippen molar-refractivity contribution in [3.05, 3.63) is 45.7 Å². The van der Waals surface area contributed by atoms with Gasteiger partial charge in [0.05, 0.1) is 19.6 Å². The second-order valence-electron chi connectivity index (χ2n) is 5.73. The highest BCUT2D eigenvalue weighted by molar-refractivity contribution is 7.07. The first-order valence-electron chi connectivity index (χ1n) is 7.72. The minimum absolute atomic E-state index is 0.0205. The van der Waals surface area contributed by atoms with Crippen LogP contribution in [0.3, 0.4) is 0 Å². The highest BCUT2D eigenvalue weighted by Crippen LogP contribution is 2.22. The van der Waals surface area contributed by atoms with Gasteiger partial charge in [-0.25, -0.2) is 0 Å². The van der Waals surface area contributed by atoms with Crippen LogP contribution in [0, 0.1) is 0 Å². The molecular formula is C17H21N3O2S. The maximum atomic E-state index is 12.1. The molecule has 2 aromatic rings. The summed E-state index contributed by atoms with van der Waals surface area (Å²) in [6.45, 7) is 0.524.